The van der Waals surface area contributed by atoms with Crippen molar-refractivity contribution < 1.29 is 0 Å². The molecule has 4 aromatic rings. The van der Waals surface area contributed by atoms with E-state index in [1.54, 1.807) is 0 Å². The summed E-state index contributed by atoms with van der Waals surface area (Å²) in [7, 11) is 0. The lowest BCUT2D eigenvalue weighted by Crippen LogP contribution is -2.30. The van der Waals surface area contributed by atoms with Crippen LogP contribution in [0.2, 0.25) is 0 Å². The highest BCUT2D eigenvalue weighted by Gasteiger charge is 2.21. The van der Waals surface area contributed by atoms with Gasteiger partial charge < -0.3 is 4.98 Å². The molecule has 5 rings (SSSR count). The van der Waals surface area contributed by atoms with Crippen LogP contribution >= 0.6 is 0 Å². The van der Waals surface area contributed by atoms with Gasteiger partial charge in [0.15, 0.2) is 0 Å². The van der Waals surface area contributed by atoms with E-state index < -0.39 is 0 Å². The topological polar surface area (TPSA) is 49.7 Å². The van der Waals surface area contributed by atoms with Crippen LogP contribution in [0.5, 0.6) is 0 Å². The zero-order chi connectivity index (χ0) is 19.1. The van der Waals surface area contributed by atoms with Crippen LogP contribution in [0.4, 0.5) is 0 Å². The molecule has 0 unspecified atom stereocenters. The molecule has 0 radical (unpaired) electrons. The summed E-state index contributed by atoms with van der Waals surface area (Å²) in [6, 6.07) is 17.0. The van der Waals surface area contributed by atoms with Gasteiger partial charge in [-0.25, -0.2) is 4.68 Å². The van der Waals surface area contributed by atoms with Gasteiger partial charge in [-0.1, -0.05) is 55.5 Å². The van der Waals surface area contributed by atoms with Gasteiger partial charge in [-0.05, 0) is 35.6 Å². The lowest BCUT2D eigenvalue weighted by Gasteiger charge is -2.25. The van der Waals surface area contributed by atoms with Gasteiger partial charge >= 0.3 is 0 Å². The van der Waals surface area contributed by atoms with Crippen molar-refractivity contribution in [3.8, 4) is 5.69 Å². The third kappa shape index (κ3) is 3.02. The Balaban J connectivity index is 1.36. The third-order valence-corrected chi connectivity index (χ3v) is 5.69. The van der Waals surface area contributed by atoms with E-state index in [-0.39, 0.29) is 0 Å². The summed E-state index contributed by atoms with van der Waals surface area (Å²) in [6.07, 6.45) is 3.14. The molecule has 0 bridgehead atoms. The van der Waals surface area contributed by atoms with Gasteiger partial charge in [-0.3, -0.25) is 4.90 Å². The largest absolute Gasteiger partial charge is 0.357 e. The smallest absolute Gasteiger partial charge is 0.0971 e. The second-order valence-corrected chi connectivity index (χ2v) is 7.96. The van der Waals surface area contributed by atoms with Crippen LogP contribution in [-0.2, 0) is 19.5 Å². The number of benzene rings is 2. The Morgan fingerprint density at radius 2 is 1.89 bits per heavy atom. The average molecular weight is 371 g/mol. The van der Waals surface area contributed by atoms with Crippen LogP contribution in [0, 0.1) is 0 Å². The van der Waals surface area contributed by atoms with Gasteiger partial charge in [0.2, 0.25) is 0 Å². The number of fused-ring (bicyclic) bond motifs is 3. The molecule has 142 valence electrons. The Hall–Kier alpha value is -2.92. The lowest BCUT2D eigenvalue weighted by molar-refractivity contribution is 0.240. The zero-order valence-electron chi connectivity index (χ0n) is 16.4. The van der Waals surface area contributed by atoms with E-state index >= 15 is 0 Å². The molecule has 0 saturated carbocycles. The Morgan fingerprint density at radius 1 is 1.07 bits per heavy atom. The second kappa shape index (κ2) is 6.91. The van der Waals surface area contributed by atoms with E-state index in [0.29, 0.717) is 5.92 Å². The number of rotatable bonds is 4. The molecular formula is C23H25N5. The number of hydrogen-bond acceptors (Lipinski definition) is 3. The molecular weight excluding hydrogens is 346 g/mol. The van der Waals surface area contributed by atoms with E-state index in [1.165, 1.54) is 27.7 Å². The molecule has 0 saturated heterocycles. The number of para-hydroxylation sites is 2. The molecule has 3 heterocycles. The van der Waals surface area contributed by atoms with E-state index in [0.717, 1.165) is 37.4 Å². The van der Waals surface area contributed by atoms with Crippen molar-refractivity contribution in [2.24, 2.45) is 0 Å². The molecule has 0 fully saturated rings. The molecule has 0 atom stereocenters. The van der Waals surface area contributed by atoms with E-state index in [9.17, 15) is 0 Å². The molecule has 2 aromatic heterocycles. The normalized spacial score (nSPS) is 14.7. The second-order valence-electron chi connectivity index (χ2n) is 7.96. The highest BCUT2D eigenvalue weighted by Crippen LogP contribution is 2.28. The molecule has 0 spiro atoms. The summed E-state index contributed by atoms with van der Waals surface area (Å²) in [6.45, 7) is 7.22. The minimum absolute atomic E-state index is 0.450. The highest BCUT2D eigenvalue weighted by molar-refractivity contribution is 5.84. The average Bonchev–Trinajstić information content (AvgIpc) is 3.32. The molecule has 2 aromatic carbocycles. The number of nitrogens with one attached hydrogen (secondary N) is 1. The van der Waals surface area contributed by atoms with Crippen LogP contribution in [0.3, 0.4) is 0 Å². The number of nitrogens with zero attached hydrogens (tertiary/aromatic N) is 4. The first-order valence-corrected chi connectivity index (χ1v) is 10.0. The zero-order valence-corrected chi connectivity index (χ0v) is 16.4. The quantitative estimate of drug-likeness (QED) is 0.577. The monoisotopic (exact) mass is 371 g/mol. The van der Waals surface area contributed by atoms with Crippen molar-refractivity contribution in [3.05, 3.63) is 77.2 Å². The Kier molecular flexibility index (Phi) is 4.24. The van der Waals surface area contributed by atoms with Crippen LogP contribution in [-0.4, -0.2) is 31.4 Å². The van der Waals surface area contributed by atoms with Gasteiger partial charge in [0.25, 0.3) is 0 Å². The Labute approximate surface area is 165 Å². The summed E-state index contributed by atoms with van der Waals surface area (Å²) in [5.74, 6) is 0.450. The number of aromatic nitrogens is 4. The van der Waals surface area contributed by atoms with Crippen molar-refractivity contribution in [2.75, 3.05) is 6.54 Å². The van der Waals surface area contributed by atoms with Crippen molar-refractivity contribution >= 4 is 10.9 Å². The van der Waals surface area contributed by atoms with Crippen LogP contribution < -0.4 is 0 Å². The number of hydrogen-bond donors (Lipinski definition) is 1. The van der Waals surface area contributed by atoms with E-state index in [2.05, 4.69) is 88.8 Å². The molecule has 5 nitrogen and oxygen atoms in total. The maximum absolute atomic E-state index is 4.45. The minimum Gasteiger partial charge on any atom is -0.357 e. The van der Waals surface area contributed by atoms with E-state index in [4.69, 9.17) is 0 Å². The fourth-order valence-corrected chi connectivity index (χ4v) is 4.29. The van der Waals surface area contributed by atoms with Gasteiger partial charge in [0, 0.05) is 36.2 Å². The van der Waals surface area contributed by atoms with Crippen molar-refractivity contribution in [2.45, 2.75) is 39.3 Å². The molecule has 1 aliphatic heterocycles. The molecule has 1 N–H and O–H groups in total. The SMILES string of the molecule is CC(C)c1ccccc1-n1cc(CN2CCc3c([nH]c4ccccc34)C2)nn1. The first kappa shape index (κ1) is 17.2. The number of H-pyrrole nitrogens is 1. The Morgan fingerprint density at radius 3 is 2.79 bits per heavy atom. The first-order valence-electron chi connectivity index (χ1n) is 10.0. The molecule has 0 amide bonds. The maximum atomic E-state index is 4.45. The number of aromatic amines is 1. The molecule has 0 aliphatic carbocycles. The highest BCUT2D eigenvalue weighted by atomic mass is 15.4. The predicted molar refractivity (Wildman–Crippen MR) is 112 cm³/mol. The Bertz CT molecular complexity index is 1120. The molecule has 1 aliphatic rings. The first-order chi connectivity index (χ1) is 13.7. The predicted octanol–water partition coefficient (Wildman–Crippen LogP) is 4.43. The van der Waals surface area contributed by atoms with Crippen LogP contribution in [0.25, 0.3) is 16.6 Å². The van der Waals surface area contributed by atoms with Crippen molar-refractivity contribution in [3.63, 3.8) is 0 Å². The van der Waals surface area contributed by atoms with Crippen LogP contribution in [0.15, 0.2) is 54.7 Å². The molecule has 5 heteroatoms. The van der Waals surface area contributed by atoms with E-state index in [1.807, 2.05) is 4.68 Å². The minimum atomic E-state index is 0.450. The molecule has 28 heavy (non-hydrogen) atoms. The standard InChI is InChI=1S/C23H25N5/c1-16(2)18-7-4-6-10-23(18)28-14-17(25-26-28)13-27-12-11-20-19-8-3-5-9-21(19)24-22(20)15-27/h3-10,14,16,24H,11-13,15H2,1-2H3. The third-order valence-electron chi connectivity index (χ3n) is 5.69. The van der Waals surface area contributed by atoms with Gasteiger partial charge in [0.1, 0.15) is 0 Å². The van der Waals surface area contributed by atoms with Gasteiger partial charge in [0.05, 0.1) is 17.6 Å². The summed E-state index contributed by atoms with van der Waals surface area (Å²) >= 11 is 0. The maximum Gasteiger partial charge on any atom is 0.0971 e. The van der Waals surface area contributed by atoms with Gasteiger partial charge in [-0.15, -0.1) is 5.10 Å². The summed E-state index contributed by atoms with van der Waals surface area (Å²) in [5, 5.41) is 10.2. The van der Waals surface area contributed by atoms with Crippen LogP contribution in [0.1, 0.15) is 42.3 Å². The fraction of sp³-hybridized carbons (Fsp3) is 0.304. The van der Waals surface area contributed by atoms with Crippen molar-refractivity contribution in [1.82, 2.24) is 24.9 Å². The van der Waals surface area contributed by atoms with Crippen molar-refractivity contribution in [1.29, 1.82) is 0 Å². The summed E-state index contributed by atoms with van der Waals surface area (Å²) in [4.78, 5) is 6.04. The summed E-state index contributed by atoms with van der Waals surface area (Å²) < 4.78 is 1.92. The van der Waals surface area contributed by atoms with Gasteiger partial charge in [-0.2, -0.15) is 0 Å². The summed E-state index contributed by atoms with van der Waals surface area (Å²) in [5.41, 5.74) is 7.47. The lowest BCUT2D eigenvalue weighted by atomic mass is 10.0. The fourth-order valence-electron chi connectivity index (χ4n) is 4.29.